The number of nitrogens with zero attached hydrogens (tertiary/aromatic N) is 4. The molecule has 0 bridgehead atoms. The summed E-state index contributed by atoms with van der Waals surface area (Å²) in [6, 6.07) is 0. The van der Waals surface area contributed by atoms with Crippen LogP contribution < -0.4 is 5.73 Å². The second kappa shape index (κ2) is 7.82. The van der Waals surface area contributed by atoms with E-state index in [2.05, 4.69) is 19.5 Å². The van der Waals surface area contributed by atoms with Crippen molar-refractivity contribution in [2.24, 2.45) is 20.7 Å². The van der Waals surface area contributed by atoms with Gasteiger partial charge < -0.3 is 0 Å². The zero-order valence-electron chi connectivity index (χ0n) is 12.2. The van der Waals surface area contributed by atoms with E-state index >= 15 is 0 Å². The first-order valence-electron chi connectivity index (χ1n) is 6.68. The van der Waals surface area contributed by atoms with E-state index in [1.165, 1.54) is 17.6 Å². The molecule has 2 aliphatic rings. The van der Waals surface area contributed by atoms with Crippen LogP contribution in [-0.4, -0.2) is 91.1 Å². The Morgan fingerprint density at radius 1 is 1.33 bits per heavy atom. The van der Waals surface area contributed by atoms with Gasteiger partial charge in [-0.3, -0.25) is 0 Å². The molecule has 4 atom stereocenters. The van der Waals surface area contributed by atoms with Gasteiger partial charge in [-0.1, -0.05) is 0 Å². The fraction of sp³-hybridized carbons (Fsp3) is 0.600. The van der Waals surface area contributed by atoms with Crippen LogP contribution >= 0.6 is 20.4 Å². The number of rotatable bonds is 4. The van der Waals surface area contributed by atoms with Gasteiger partial charge >= 0.3 is 141 Å². The summed E-state index contributed by atoms with van der Waals surface area (Å²) in [6.45, 7) is -0.471. The summed E-state index contributed by atoms with van der Waals surface area (Å²) in [5.41, 5.74) is 5.54. The maximum absolute atomic E-state index is 10.1. The summed E-state index contributed by atoms with van der Waals surface area (Å²) in [5, 5.41) is 20.1. The molecule has 14 heteroatoms. The van der Waals surface area contributed by atoms with Crippen molar-refractivity contribution in [3.8, 4) is 0 Å². The molecule has 136 valence electrons. The summed E-state index contributed by atoms with van der Waals surface area (Å²) in [4.78, 5) is 39.6. The molecular formula is C10H18N5O7PS. The molecule has 0 aromatic carbocycles. The van der Waals surface area contributed by atoms with Gasteiger partial charge in [0.05, 0.1) is 0 Å². The third kappa shape index (κ3) is 5.17. The van der Waals surface area contributed by atoms with Crippen molar-refractivity contribution in [3.05, 3.63) is 0 Å². The van der Waals surface area contributed by atoms with Crippen LogP contribution in [0.25, 0.3) is 0 Å². The molecule has 0 aliphatic carbocycles. The Morgan fingerprint density at radius 2 is 2.04 bits per heavy atom. The number of nitrogens with two attached hydrogens (primary N) is 1. The zero-order chi connectivity index (χ0) is 17.9. The van der Waals surface area contributed by atoms with Gasteiger partial charge in [0.15, 0.2) is 0 Å². The van der Waals surface area contributed by atoms with Gasteiger partial charge in [0.25, 0.3) is 0 Å². The van der Waals surface area contributed by atoms with Gasteiger partial charge in [-0.2, -0.15) is 0 Å². The van der Waals surface area contributed by atoms with Crippen LogP contribution in [0.2, 0.25) is 0 Å². The first-order chi connectivity index (χ1) is 11.2. The van der Waals surface area contributed by atoms with E-state index in [1.807, 2.05) is 0 Å². The molecule has 7 N–H and O–H groups in total. The van der Waals surface area contributed by atoms with Crippen molar-refractivity contribution in [2.45, 2.75) is 24.5 Å². The monoisotopic (exact) mass is 383 g/mol. The minimum absolute atomic E-state index is 0.0709. The average molecular weight is 383 g/mol. The predicted octanol–water partition coefficient (Wildman–Crippen LogP) is -3.15. The Kier molecular flexibility index (Phi) is 6.25. The Labute approximate surface area is 142 Å². The molecule has 12 nitrogen and oxygen atoms in total. The number of ether oxygens (including phenoxy) is 1. The van der Waals surface area contributed by atoms with E-state index in [0.717, 1.165) is 0 Å². The first kappa shape index (κ1) is 19.2. The van der Waals surface area contributed by atoms with Crippen LogP contribution in [0.5, 0.6) is 0 Å². The second-order valence-corrected chi connectivity index (χ2v) is 6.85. The van der Waals surface area contributed by atoms with Crippen LogP contribution in [0, 0.1) is 0 Å². The number of guanidine groups is 1. The number of thiocarbonyl (C=S) groups is 1. The molecule has 1 fully saturated rings. The van der Waals surface area contributed by atoms with Crippen LogP contribution in [0.3, 0.4) is 0 Å². The van der Waals surface area contributed by atoms with E-state index in [4.69, 9.17) is 37.4 Å². The number of hydrogen-bond acceptors (Lipinski definition) is 12. The molecular weight excluding hydrogens is 365 g/mol. The van der Waals surface area contributed by atoms with Gasteiger partial charge in [0, 0.05) is 0 Å². The zero-order valence-corrected chi connectivity index (χ0v) is 14.0. The van der Waals surface area contributed by atoms with E-state index in [0.29, 0.717) is 0 Å². The summed E-state index contributed by atoms with van der Waals surface area (Å²) in [5.74, 6) is -0.111. The maximum atomic E-state index is 10.1. The fourth-order valence-corrected chi connectivity index (χ4v) is 2.56. The van der Waals surface area contributed by atoms with E-state index in [1.54, 1.807) is 0 Å². The Hall–Kier alpha value is -1.15. The van der Waals surface area contributed by atoms with Crippen molar-refractivity contribution in [1.82, 2.24) is 4.90 Å². The van der Waals surface area contributed by atoms with Crippen molar-refractivity contribution in [1.29, 1.82) is 0 Å². The molecule has 0 spiro atoms. The van der Waals surface area contributed by atoms with Gasteiger partial charge in [-0.05, 0) is 0 Å². The standard InChI is InChI=1S/C10H18N5O7PS/c11-10-13-4-15(3-12-1-6(24)14-10)9-8(17)7(16)5(22-9)2-21-23(18,19)20/h3-5,7-9,16-20,23H,1-2H2,(H2,11,14,24)/b12-3-,13-4+. The van der Waals surface area contributed by atoms with Crippen molar-refractivity contribution in [3.63, 3.8) is 0 Å². The predicted molar refractivity (Wildman–Crippen MR) is 89.5 cm³/mol. The van der Waals surface area contributed by atoms with Crippen molar-refractivity contribution < 1.29 is 34.2 Å². The molecule has 1 saturated heterocycles. The molecule has 2 rings (SSSR count). The van der Waals surface area contributed by atoms with Gasteiger partial charge in [0.1, 0.15) is 0 Å². The summed E-state index contributed by atoms with van der Waals surface area (Å²) in [6.07, 6.45) is -2.57. The minimum atomic E-state index is -4.76. The Balaban J connectivity index is 2.10. The normalized spacial score (nSPS) is 37.1. The third-order valence-corrected chi connectivity index (χ3v) is 3.85. The second-order valence-electron chi connectivity index (χ2n) is 4.94. The van der Waals surface area contributed by atoms with E-state index < -0.39 is 39.3 Å². The molecule has 2 heterocycles. The van der Waals surface area contributed by atoms with Gasteiger partial charge in [0.2, 0.25) is 0 Å². The molecule has 4 unspecified atom stereocenters. The van der Waals surface area contributed by atoms with Crippen LogP contribution in [-0.2, 0) is 9.26 Å². The van der Waals surface area contributed by atoms with Gasteiger partial charge in [-0.15, -0.1) is 0 Å². The number of aliphatic hydroxyl groups excluding tert-OH is 2. The topological polar surface area (TPSA) is 186 Å². The molecule has 0 aromatic heterocycles. The number of aliphatic hydroxyl groups is 2. The summed E-state index contributed by atoms with van der Waals surface area (Å²) >= 11 is 4.92. The van der Waals surface area contributed by atoms with E-state index in [9.17, 15) is 10.2 Å². The molecule has 0 amide bonds. The molecule has 24 heavy (non-hydrogen) atoms. The Morgan fingerprint density at radius 3 is 2.71 bits per heavy atom. The SMILES string of the molecule is NC1=N/C(=S)C/N=C\N(C2OC(CO[PH](O)(O)O)C(O)C2O)\C=N\1. The fourth-order valence-electron chi connectivity index (χ4n) is 2.00. The summed E-state index contributed by atoms with van der Waals surface area (Å²) < 4.78 is 9.84. The van der Waals surface area contributed by atoms with Crippen molar-refractivity contribution >= 4 is 44.0 Å². The quantitative estimate of drug-likeness (QED) is 0.214. The molecule has 2 aliphatic heterocycles. The average Bonchev–Trinajstić information content (AvgIpc) is 2.79. The first-order valence-corrected chi connectivity index (χ1v) is 8.84. The third-order valence-electron chi connectivity index (χ3n) is 3.08. The van der Waals surface area contributed by atoms with Crippen LogP contribution in [0.15, 0.2) is 15.0 Å². The van der Waals surface area contributed by atoms with E-state index in [-0.39, 0.29) is 17.5 Å². The van der Waals surface area contributed by atoms with Crippen molar-refractivity contribution in [2.75, 3.05) is 13.2 Å². The van der Waals surface area contributed by atoms with Crippen LogP contribution in [0.1, 0.15) is 0 Å². The number of hydrogen-bond donors (Lipinski definition) is 6. The summed E-state index contributed by atoms with van der Waals surface area (Å²) in [7, 11) is -4.76. The molecule has 0 aromatic rings. The molecule has 0 saturated carbocycles. The number of aliphatic imine (C=N–C) groups is 3. The Bertz CT molecular complexity index is 568. The molecule has 0 radical (unpaired) electrons. The van der Waals surface area contributed by atoms with Crippen LogP contribution in [0.4, 0.5) is 0 Å². The van der Waals surface area contributed by atoms with Gasteiger partial charge in [-0.25, -0.2) is 0 Å².